The molecule has 1 amide bonds. The van der Waals surface area contributed by atoms with Crippen molar-refractivity contribution >= 4 is 25.1 Å². The predicted molar refractivity (Wildman–Crippen MR) is 124 cm³/mol. The topological polar surface area (TPSA) is 71.2 Å². The maximum Gasteiger partial charge on any atom is 0.255 e. The molecule has 1 aliphatic carbocycles. The molecule has 1 saturated heterocycles. The molecule has 2 aromatic rings. The molecule has 0 unspecified atom stereocenters. The van der Waals surface area contributed by atoms with Crippen LogP contribution < -0.4 is 16.0 Å². The van der Waals surface area contributed by atoms with Crippen molar-refractivity contribution in [2.75, 3.05) is 18.0 Å². The summed E-state index contributed by atoms with van der Waals surface area (Å²) in [5.74, 6) is -4.63. The highest BCUT2D eigenvalue weighted by Crippen LogP contribution is 2.38. The van der Waals surface area contributed by atoms with Gasteiger partial charge in [-0.25, -0.2) is 17.6 Å². The van der Waals surface area contributed by atoms with E-state index in [2.05, 4.69) is 10.3 Å². The molecule has 5 nitrogen and oxygen atoms in total. The van der Waals surface area contributed by atoms with Gasteiger partial charge in [-0.1, -0.05) is 0 Å². The van der Waals surface area contributed by atoms with Crippen LogP contribution in [0.3, 0.4) is 0 Å². The van der Waals surface area contributed by atoms with Gasteiger partial charge in [0.25, 0.3) is 5.91 Å². The number of nitrogens with two attached hydrogens (primary N) is 1. The molecule has 1 atom stereocenters. The minimum atomic E-state index is -2.70. The third-order valence-corrected chi connectivity index (χ3v) is 6.21. The van der Waals surface area contributed by atoms with E-state index in [4.69, 9.17) is 5.73 Å². The summed E-state index contributed by atoms with van der Waals surface area (Å²) in [6.45, 7) is 2.90. The first kappa shape index (κ1) is 25.3. The summed E-state index contributed by atoms with van der Waals surface area (Å²) in [6, 6.07) is 2.78. The molecule has 180 valence electrons. The lowest BCUT2D eigenvalue weighted by Gasteiger charge is -2.30. The van der Waals surface area contributed by atoms with Crippen molar-refractivity contribution in [2.45, 2.75) is 56.5 Å². The number of rotatable bonds is 4. The van der Waals surface area contributed by atoms with Crippen LogP contribution in [0.1, 0.15) is 49.4 Å². The quantitative estimate of drug-likeness (QED) is 0.632. The van der Waals surface area contributed by atoms with E-state index in [-0.39, 0.29) is 56.3 Å². The van der Waals surface area contributed by atoms with Crippen molar-refractivity contribution in [1.82, 2.24) is 10.3 Å². The molecular formula is C23H28F4N4OS. The van der Waals surface area contributed by atoms with Gasteiger partial charge >= 0.3 is 0 Å². The Kier molecular flexibility index (Phi) is 7.28. The van der Waals surface area contributed by atoms with E-state index in [0.717, 1.165) is 6.07 Å². The highest BCUT2D eigenvalue weighted by Gasteiger charge is 2.37. The Morgan fingerprint density at radius 1 is 1.12 bits per heavy atom. The van der Waals surface area contributed by atoms with E-state index >= 15 is 0 Å². The molecule has 10 heteroatoms. The summed E-state index contributed by atoms with van der Waals surface area (Å²) < 4.78 is 54.8. The monoisotopic (exact) mass is 484 g/mol. The van der Waals surface area contributed by atoms with Crippen molar-refractivity contribution in [3.63, 3.8) is 0 Å². The first-order valence-electron chi connectivity index (χ1n) is 10.7. The van der Waals surface area contributed by atoms with Gasteiger partial charge in [0.1, 0.15) is 11.6 Å². The lowest BCUT2D eigenvalue weighted by atomic mass is 9.92. The molecule has 0 bridgehead atoms. The summed E-state index contributed by atoms with van der Waals surface area (Å²) >= 11 is 0. The van der Waals surface area contributed by atoms with Gasteiger partial charge in [0, 0.05) is 61.5 Å². The minimum absolute atomic E-state index is 0. The standard InChI is InChI=1S/C23H26F4N4O.H2S/c1-22(28)6-7-31(13-22)20-18(14-8-15(24)10-16(25)9-14)11-29-12-19(20)21(32)30-17-2-4-23(26,27)5-3-17;/h8-12,17H,2-7,13,28H2,1H3,(H,30,32);1H2/t22-;/m0./s1. The van der Waals surface area contributed by atoms with Crippen LogP contribution in [0, 0.1) is 11.6 Å². The summed E-state index contributed by atoms with van der Waals surface area (Å²) in [4.78, 5) is 19.2. The van der Waals surface area contributed by atoms with Crippen LogP contribution in [0.5, 0.6) is 0 Å². The molecule has 2 heterocycles. The molecule has 1 saturated carbocycles. The van der Waals surface area contributed by atoms with Gasteiger partial charge in [-0.05, 0) is 43.9 Å². The Morgan fingerprint density at radius 2 is 1.76 bits per heavy atom. The third-order valence-electron chi connectivity index (χ3n) is 6.21. The maximum absolute atomic E-state index is 13.9. The number of hydrogen-bond donors (Lipinski definition) is 2. The molecule has 3 N–H and O–H groups in total. The Balaban J connectivity index is 0.00000306. The molecule has 1 aliphatic heterocycles. The number of aromatic nitrogens is 1. The first-order valence-corrected chi connectivity index (χ1v) is 10.7. The van der Waals surface area contributed by atoms with Crippen LogP contribution in [-0.4, -0.2) is 41.5 Å². The Bertz CT molecular complexity index is 1000. The fourth-order valence-corrected chi connectivity index (χ4v) is 4.50. The van der Waals surface area contributed by atoms with Gasteiger partial charge in [0.05, 0.1) is 11.3 Å². The summed E-state index contributed by atoms with van der Waals surface area (Å²) in [7, 11) is 0. The zero-order valence-electron chi connectivity index (χ0n) is 18.3. The molecule has 1 aromatic carbocycles. The Labute approximate surface area is 197 Å². The molecule has 1 aromatic heterocycles. The number of nitrogens with one attached hydrogen (secondary N) is 1. The highest BCUT2D eigenvalue weighted by molar-refractivity contribution is 7.59. The van der Waals surface area contributed by atoms with Crippen LogP contribution in [0.2, 0.25) is 0 Å². The summed E-state index contributed by atoms with van der Waals surface area (Å²) in [6.07, 6.45) is 3.35. The second-order valence-corrected chi connectivity index (χ2v) is 9.17. The summed E-state index contributed by atoms with van der Waals surface area (Å²) in [5.41, 5.74) is 7.17. The average Bonchev–Trinajstić information content (AvgIpc) is 3.07. The fraction of sp³-hybridized carbons (Fsp3) is 0.478. The van der Waals surface area contributed by atoms with Crippen LogP contribution in [0.15, 0.2) is 30.6 Å². The van der Waals surface area contributed by atoms with Gasteiger partial charge in [0.2, 0.25) is 5.92 Å². The number of carbonyl (C=O) groups excluding carboxylic acids is 1. The lowest BCUT2D eigenvalue weighted by molar-refractivity contribution is -0.0399. The number of hydrogen-bond acceptors (Lipinski definition) is 4. The van der Waals surface area contributed by atoms with Crippen molar-refractivity contribution < 1.29 is 22.4 Å². The second-order valence-electron chi connectivity index (χ2n) is 9.17. The smallest absolute Gasteiger partial charge is 0.255 e. The van der Waals surface area contributed by atoms with Gasteiger partial charge in [0.15, 0.2) is 0 Å². The predicted octanol–water partition coefficient (Wildman–Crippen LogP) is 4.37. The van der Waals surface area contributed by atoms with Gasteiger partial charge in [-0.15, -0.1) is 0 Å². The Morgan fingerprint density at radius 3 is 2.33 bits per heavy atom. The van der Waals surface area contributed by atoms with Gasteiger partial charge in [-0.2, -0.15) is 13.5 Å². The van der Waals surface area contributed by atoms with Crippen molar-refractivity contribution in [3.05, 3.63) is 47.8 Å². The van der Waals surface area contributed by atoms with Gasteiger partial charge < -0.3 is 16.0 Å². The molecule has 2 fully saturated rings. The molecule has 2 aliphatic rings. The zero-order valence-corrected chi connectivity index (χ0v) is 19.3. The number of benzene rings is 1. The van der Waals surface area contributed by atoms with E-state index in [9.17, 15) is 22.4 Å². The van der Waals surface area contributed by atoms with Crippen LogP contribution in [-0.2, 0) is 0 Å². The number of carbonyl (C=O) groups is 1. The summed E-state index contributed by atoms with van der Waals surface area (Å²) in [5, 5.41) is 2.84. The molecule has 0 spiro atoms. The highest BCUT2D eigenvalue weighted by atomic mass is 32.1. The number of alkyl halides is 2. The number of pyridine rings is 1. The maximum atomic E-state index is 13.9. The van der Waals surface area contributed by atoms with E-state index in [1.165, 1.54) is 24.5 Å². The second kappa shape index (κ2) is 9.50. The van der Waals surface area contributed by atoms with E-state index < -0.39 is 29.0 Å². The normalized spacial score (nSPS) is 22.7. The van der Waals surface area contributed by atoms with E-state index in [1.807, 2.05) is 11.8 Å². The number of halogens is 4. The zero-order chi connectivity index (χ0) is 23.1. The van der Waals surface area contributed by atoms with E-state index in [0.29, 0.717) is 30.8 Å². The third kappa shape index (κ3) is 5.78. The minimum Gasteiger partial charge on any atom is -0.368 e. The molecule has 33 heavy (non-hydrogen) atoms. The number of nitrogens with zero attached hydrogens (tertiary/aromatic N) is 2. The van der Waals surface area contributed by atoms with E-state index in [1.54, 1.807) is 0 Å². The average molecular weight is 485 g/mol. The fourth-order valence-electron chi connectivity index (χ4n) is 4.50. The SMILES string of the molecule is C[C@]1(N)CCN(c2c(C(=O)NC3CCC(F)(F)CC3)cncc2-c2cc(F)cc(F)c2)C1.S. The number of amides is 1. The largest absolute Gasteiger partial charge is 0.368 e. The van der Waals surface area contributed by atoms with Crippen molar-refractivity contribution in [3.8, 4) is 11.1 Å². The molecular weight excluding hydrogens is 456 g/mol. The van der Waals surface area contributed by atoms with Crippen LogP contribution in [0.4, 0.5) is 23.2 Å². The van der Waals surface area contributed by atoms with Crippen LogP contribution in [0.25, 0.3) is 11.1 Å². The molecule has 4 rings (SSSR count). The Hall–Kier alpha value is -2.33. The molecule has 0 radical (unpaired) electrons. The lowest BCUT2D eigenvalue weighted by Crippen LogP contribution is -2.42. The first-order chi connectivity index (χ1) is 15.0. The number of anilines is 1. The van der Waals surface area contributed by atoms with Crippen molar-refractivity contribution in [2.24, 2.45) is 5.73 Å². The van der Waals surface area contributed by atoms with Gasteiger partial charge in [-0.3, -0.25) is 9.78 Å². The van der Waals surface area contributed by atoms with Crippen molar-refractivity contribution in [1.29, 1.82) is 0 Å². The van der Waals surface area contributed by atoms with Crippen LogP contribution >= 0.6 is 13.5 Å².